The fourth-order valence-electron chi connectivity index (χ4n) is 2.08. The molecule has 0 spiro atoms. The lowest BCUT2D eigenvalue weighted by molar-refractivity contribution is 0.351. The van der Waals surface area contributed by atoms with Crippen molar-refractivity contribution in [2.45, 2.75) is 23.6 Å². The van der Waals surface area contributed by atoms with E-state index in [1.165, 1.54) is 15.4 Å². The van der Waals surface area contributed by atoms with Crippen molar-refractivity contribution in [1.29, 1.82) is 0 Å². The number of aryl methyl sites for hydroxylation is 1. The van der Waals surface area contributed by atoms with Crippen molar-refractivity contribution in [3.8, 4) is 11.5 Å². The van der Waals surface area contributed by atoms with Crippen LogP contribution in [0.5, 0.6) is 11.5 Å². The first-order chi connectivity index (χ1) is 9.17. The molecule has 0 bridgehead atoms. The van der Waals surface area contributed by atoms with E-state index in [2.05, 4.69) is 26.0 Å². The molecule has 0 aromatic heterocycles. The Morgan fingerprint density at radius 1 is 0.947 bits per heavy atom. The van der Waals surface area contributed by atoms with Crippen molar-refractivity contribution < 1.29 is 9.47 Å². The van der Waals surface area contributed by atoms with Gasteiger partial charge in [-0.05, 0) is 37.6 Å². The van der Waals surface area contributed by atoms with Gasteiger partial charge in [0.25, 0.3) is 0 Å². The highest BCUT2D eigenvalue weighted by Gasteiger charge is 2.15. The van der Waals surface area contributed by atoms with Crippen molar-refractivity contribution in [2.24, 2.45) is 0 Å². The SMILES string of the molecule is COc1cc(C)c(Sc2ccccc2)c(C)c1OC. The van der Waals surface area contributed by atoms with Crippen LogP contribution in [0.1, 0.15) is 11.1 Å². The Balaban J connectivity index is 2.46. The van der Waals surface area contributed by atoms with E-state index in [9.17, 15) is 0 Å². The van der Waals surface area contributed by atoms with Gasteiger partial charge in [-0.15, -0.1) is 0 Å². The molecule has 0 amide bonds. The van der Waals surface area contributed by atoms with Gasteiger partial charge in [0.1, 0.15) is 0 Å². The highest BCUT2D eigenvalue weighted by atomic mass is 32.2. The molecule has 2 nitrogen and oxygen atoms in total. The predicted molar refractivity (Wildman–Crippen MR) is 79.6 cm³/mol. The first kappa shape index (κ1) is 13.8. The summed E-state index contributed by atoms with van der Waals surface area (Å²) in [6.07, 6.45) is 0. The molecule has 3 heteroatoms. The number of hydrogen-bond donors (Lipinski definition) is 0. The van der Waals surface area contributed by atoms with Gasteiger partial charge in [-0.25, -0.2) is 0 Å². The molecule has 0 radical (unpaired) electrons. The summed E-state index contributed by atoms with van der Waals surface area (Å²) in [5.74, 6) is 1.60. The number of benzene rings is 2. The summed E-state index contributed by atoms with van der Waals surface area (Å²) >= 11 is 1.75. The predicted octanol–water partition coefficient (Wildman–Crippen LogP) is 4.47. The summed E-state index contributed by atoms with van der Waals surface area (Å²) < 4.78 is 10.8. The Kier molecular flexibility index (Phi) is 4.38. The Bertz CT molecular complexity index is 565. The van der Waals surface area contributed by atoms with Crippen molar-refractivity contribution >= 4 is 11.8 Å². The first-order valence-corrected chi connectivity index (χ1v) is 6.94. The fraction of sp³-hybridized carbons (Fsp3) is 0.250. The molecule has 0 atom stereocenters. The van der Waals surface area contributed by atoms with E-state index in [0.717, 1.165) is 17.1 Å². The zero-order valence-corrected chi connectivity index (χ0v) is 12.5. The van der Waals surface area contributed by atoms with Crippen LogP contribution in [0.4, 0.5) is 0 Å². The molecule has 0 saturated carbocycles. The molecule has 0 unspecified atom stereocenters. The summed E-state index contributed by atoms with van der Waals surface area (Å²) in [6.45, 7) is 4.17. The zero-order chi connectivity index (χ0) is 13.8. The van der Waals surface area contributed by atoms with E-state index in [1.54, 1.807) is 26.0 Å². The quantitative estimate of drug-likeness (QED) is 0.819. The highest BCUT2D eigenvalue weighted by molar-refractivity contribution is 7.99. The highest BCUT2D eigenvalue weighted by Crippen LogP contribution is 2.42. The molecule has 0 N–H and O–H groups in total. The maximum atomic E-state index is 5.46. The number of hydrogen-bond acceptors (Lipinski definition) is 3. The number of rotatable bonds is 4. The van der Waals surface area contributed by atoms with Gasteiger partial charge in [0.15, 0.2) is 11.5 Å². The van der Waals surface area contributed by atoms with Crippen LogP contribution < -0.4 is 9.47 Å². The summed E-state index contributed by atoms with van der Waals surface area (Å²) in [5, 5.41) is 0. The van der Waals surface area contributed by atoms with E-state index in [4.69, 9.17) is 9.47 Å². The van der Waals surface area contributed by atoms with Gasteiger partial charge in [-0.2, -0.15) is 0 Å². The minimum Gasteiger partial charge on any atom is -0.493 e. The van der Waals surface area contributed by atoms with E-state index in [0.29, 0.717) is 0 Å². The third kappa shape index (κ3) is 2.87. The molecule has 0 heterocycles. The average Bonchev–Trinajstić information content (AvgIpc) is 2.44. The van der Waals surface area contributed by atoms with Crippen LogP contribution in [0, 0.1) is 13.8 Å². The minimum absolute atomic E-state index is 0.787. The largest absolute Gasteiger partial charge is 0.493 e. The summed E-state index contributed by atoms with van der Waals surface area (Å²) in [6, 6.07) is 12.4. The van der Waals surface area contributed by atoms with Crippen molar-refractivity contribution in [3.05, 3.63) is 47.5 Å². The topological polar surface area (TPSA) is 18.5 Å². The lowest BCUT2D eigenvalue weighted by Crippen LogP contribution is -1.97. The van der Waals surface area contributed by atoms with Crippen LogP contribution in [0.15, 0.2) is 46.2 Å². The second kappa shape index (κ2) is 6.02. The standard InChI is InChI=1S/C16H18O2S/c1-11-10-14(17-3)15(18-4)12(2)16(11)19-13-8-6-5-7-9-13/h5-10H,1-4H3. The molecular formula is C16H18O2S. The number of methoxy groups -OCH3 is 2. The number of ether oxygens (including phenoxy) is 2. The molecular weight excluding hydrogens is 256 g/mol. The zero-order valence-electron chi connectivity index (χ0n) is 11.7. The Labute approximate surface area is 118 Å². The molecule has 0 saturated heterocycles. The molecule has 0 aliphatic heterocycles. The van der Waals surface area contributed by atoms with E-state index < -0.39 is 0 Å². The summed E-state index contributed by atoms with van der Waals surface area (Å²) in [4.78, 5) is 2.45. The third-order valence-electron chi connectivity index (χ3n) is 3.00. The fourth-order valence-corrected chi connectivity index (χ4v) is 3.07. The van der Waals surface area contributed by atoms with Crippen LogP contribution >= 0.6 is 11.8 Å². The second-order valence-corrected chi connectivity index (χ2v) is 5.38. The van der Waals surface area contributed by atoms with Crippen molar-refractivity contribution in [1.82, 2.24) is 0 Å². The van der Waals surface area contributed by atoms with Crippen LogP contribution in [0.3, 0.4) is 0 Å². The average molecular weight is 274 g/mol. The van der Waals surface area contributed by atoms with Gasteiger partial charge < -0.3 is 9.47 Å². The molecule has 2 aromatic carbocycles. The molecule has 100 valence electrons. The summed E-state index contributed by atoms with van der Waals surface area (Å²) in [5.41, 5.74) is 2.32. The van der Waals surface area contributed by atoms with Crippen LogP contribution in [0.2, 0.25) is 0 Å². The minimum atomic E-state index is 0.787. The van der Waals surface area contributed by atoms with E-state index in [-0.39, 0.29) is 0 Å². The van der Waals surface area contributed by atoms with Crippen LogP contribution in [0.25, 0.3) is 0 Å². The van der Waals surface area contributed by atoms with E-state index in [1.807, 2.05) is 24.3 Å². The Hall–Kier alpha value is -1.61. The molecule has 2 rings (SSSR count). The molecule has 19 heavy (non-hydrogen) atoms. The van der Waals surface area contributed by atoms with Gasteiger partial charge in [0, 0.05) is 15.4 Å². The van der Waals surface area contributed by atoms with Gasteiger partial charge in [-0.3, -0.25) is 0 Å². The van der Waals surface area contributed by atoms with Gasteiger partial charge in [0.2, 0.25) is 0 Å². The molecule has 0 aliphatic carbocycles. The lowest BCUT2D eigenvalue weighted by atomic mass is 10.1. The Morgan fingerprint density at radius 2 is 1.63 bits per heavy atom. The monoisotopic (exact) mass is 274 g/mol. The van der Waals surface area contributed by atoms with Gasteiger partial charge in [0.05, 0.1) is 14.2 Å². The van der Waals surface area contributed by atoms with Gasteiger partial charge in [-0.1, -0.05) is 30.0 Å². The van der Waals surface area contributed by atoms with Crippen LogP contribution in [-0.4, -0.2) is 14.2 Å². The maximum absolute atomic E-state index is 5.46. The first-order valence-electron chi connectivity index (χ1n) is 6.12. The van der Waals surface area contributed by atoms with Gasteiger partial charge >= 0.3 is 0 Å². The molecule has 0 fully saturated rings. The van der Waals surface area contributed by atoms with Crippen molar-refractivity contribution in [3.63, 3.8) is 0 Å². The second-order valence-electron chi connectivity index (χ2n) is 4.30. The molecule has 0 aliphatic rings. The summed E-state index contributed by atoms with van der Waals surface area (Å²) in [7, 11) is 3.35. The molecule has 2 aromatic rings. The smallest absolute Gasteiger partial charge is 0.164 e. The van der Waals surface area contributed by atoms with E-state index >= 15 is 0 Å². The third-order valence-corrected chi connectivity index (χ3v) is 4.34. The Morgan fingerprint density at radius 3 is 2.21 bits per heavy atom. The van der Waals surface area contributed by atoms with Crippen molar-refractivity contribution in [2.75, 3.05) is 14.2 Å². The maximum Gasteiger partial charge on any atom is 0.164 e. The normalized spacial score (nSPS) is 10.3. The van der Waals surface area contributed by atoms with Crippen LogP contribution in [-0.2, 0) is 0 Å². The lowest BCUT2D eigenvalue weighted by Gasteiger charge is -2.16.